The van der Waals surface area contributed by atoms with E-state index in [0.717, 1.165) is 0 Å². The highest BCUT2D eigenvalue weighted by Gasteiger charge is 2.00. The van der Waals surface area contributed by atoms with Gasteiger partial charge in [0.15, 0.2) is 0 Å². The van der Waals surface area contributed by atoms with Crippen LogP contribution in [0.25, 0.3) is 0 Å². The van der Waals surface area contributed by atoms with Crippen molar-refractivity contribution >= 4 is 11.8 Å². The highest BCUT2D eigenvalue weighted by atomic mass is 32.2. The van der Waals surface area contributed by atoms with Gasteiger partial charge in [-0.2, -0.15) is 0 Å². The zero-order valence-corrected chi connectivity index (χ0v) is 5.58. The third kappa shape index (κ3) is 1.10. The number of hydrogen-bond donors (Lipinski definition) is 3. The second-order valence-electron chi connectivity index (χ2n) is 1.46. The Labute approximate surface area is 55.3 Å². The van der Waals surface area contributed by atoms with Crippen LogP contribution in [0.15, 0.2) is 9.82 Å². The lowest BCUT2D eigenvalue weighted by Gasteiger charge is -1.85. The van der Waals surface area contributed by atoms with Crippen LogP contribution in [0.4, 0.5) is 0 Å². The quantitative estimate of drug-likeness (QED) is 0.493. The molecule has 0 unspecified atom stereocenters. The molecule has 1 heterocycles. The van der Waals surface area contributed by atoms with Gasteiger partial charge in [-0.25, -0.2) is 4.79 Å². The number of aromatic amines is 2. The van der Waals surface area contributed by atoms with Gasteiger partial charge in [0.2, 0.25) is 5.88 Å². The van der Waals surface area contributed by atoms with Gasteiger partial charge in [-0.1, -0.05) is 0 Å². The van der Waals surface area contributed by atoms with Crippen LogP contribution in [0.3, 0.4) is 0 Å². The van der Waals surface area contributed by atoms with Crippen molar-refractivity contribution in [2.45, 2.75) is 5.03 Å². The van der Waals surface area contributed by atoms with Crippen molar-refractivity contribution in [3.05, 3.63) is 10.5 Å². The standard InChI is InChI=1S/C4H6N2O2S/c1-9-3-2(7)5-4(8)6-3/h7H,1H3,(H2,5,6,8). The van der Waals surface area contributed by atoms with Crippen LogP contribution in [0, 0.1) is 0 Å². The zero-order chi connectivity index (χ0) is 6.85. The molecule has 1 aromatic rings. The van der Waals surface area contributed by atoms with Gasteiger partial charge in [-0.3, -0.25) is 9.97 Å². The molecule has 5 heteroatoms. The first-order valence-electron chi connectivity index (χ1n) is 2.29. The van der Waals surface area contributed by atoms with E-state index in [1.807, 2.05) is 0 Å². The van der Waals surface area contributed by atoms with Gasteiger partial charge in [-0.15, -0.1) is 11.8 Å². The van der Waals surface area contributed by atoms with Crippen LogP contribution < -0.4 is 5.69 Å². The summed E-state index contributed by atoms with van der Waals surface area (Å²) in [6.07, 6.45) is 1.76. The van der Waals surface area contributed by atoms with Crippen LogP contribution in [-0.2, 0) is 0 Å². The monoisotopic (exact) mass is 146 g/mol. The Hall–Kier alpha value is -0.840. The van der Waals surface area contributed by atoms with E-state index in [9.17, 15) is 4.79 Å². The molecule has 0 atom stereocenters. The van der Waals surface area contributed by atoms with E-state index in [1.165, 1.54) is 11.8 Å². The zero-order valence-electron chi connectivity index (χ0n) is 4.76. The van der Waals surface area contributed by atoms with Crippen molar-refractivity contribution < 1.29 is 5.11 Å². The number of hydrogen-bond acceptors (Lipinski definition) is 3. The maximum Gasteiger partial charge on any atom is 0.326 e. The average Bonchev–Trinajstić information content (AvgIpc) is 2.10. The van der Waals surface area contributed by atoms with Crippen molar-refractivity contribution in [3.8, 4) is 5.88 Å². The summed E-state index contributed by atoms with van der Waals surface area (Å²) in [5.74, 6) is -0.0903. The van der Waals surface area contributed by atoms with E-state index in [0.29, 0.717) is 5.03 Å². The fraction of sp³-hybridized carbons (Fsp3) is 0.250. The van der Waals surface area contributed by atoms with Crippen LogP contribution in [0.5, 0.6) is 5.88 Å². The molecule has 50 valence electrons. The molecule has 0 saturated heterocycles. The molecular weight excluding hydrogens is 140 g/mol. The minimum atomic E-state index is -0.378. The number of aromatic hydroxyl groups is 1. The Balaban J connectivity index is 3.16. The topological polar surface area (TPSA) is 68.9 Å². The van der Waals surface area contributed by atoms with E-state index >= 15 is 0 Å². The van der Waals surface area contributed by atoms with E-state index in [1.54, 1.807) is 6.26 Å². The van der Waals surface area contributed by atoms with Gasteiger partial charge in [0.1, 0.15) is 5.03 Å². The lowest BCUT2D eigenvalue weighted by Crippen LogP contribution is -1.99. The third-order valence-electron chi connectivity index (χ3n) is 0.878. The van der Waals surface area contributed by atoms with Gasteiger partial charge in [0.25, 0.3) is 0 Å². The summed E-state index contributed by atoms with van der Waals surface area (Å²) in [7, 11) is 0. The molecule has 0 aliphatic carbocycles. The van der Waals surface area contributed by atoms with Crippen molar-refractivity contribution in [1.29, 1.82) is 0 Å². The Morgan fingerprint density at radius 1 is 1.56 bits per heavy atom. The predicted octanol–water partition coefficient (Wildman–Crippen LogP) is 0.131. The maximum absolute atomic E-state index is 10.4. The Morgan fingerprint density at radius 2 is 2.22 bits per heavy atom. The summed E-state index contributed by atoms with van der Waals surface area (Å²) in [6, 6.07) is 0. The lowest BCUT2D eigenvalue weighted by molar-refractivity contribution is 0.442. The second-order valence-corrected chi connectivity index (χ2v) is 2.28. The molecule has 0 bridgehead atoms. The fourth-order valence-corrected chi connectivity index (χ4v) is 0.945. The molecular formula is C4H6N2O2S. The largest absolute Gasteiger partial charge is 0.493 e. The highest BCUT2D eigenvalue weighted by molar-refractivity contribution is 7.98. The molecule has 0 aliphatic rings. The highest BCUT2D eigenvalue weighted by Crippen LogP contribution is 2.18. The van der Waals surface area contributed by atoms with E-state index in [4.69, 9.17) is 5.11 Å². The van der Waals surface area contributed by atoms with Crippen molar-refractivity contribution in [2.75, 3.05) is 6.26 Å². The van der Waals surface area contributed by atoms with Crippen LogP contribution >= 0.6 is 11.8 Å². The number of rotatable bonds is 1. The summed E-state index contributed by atoms with van der Waals surface area (Å²) >= 11 is 1.28. The van der Waals surface area contributed by atoms with Crippen molar-refractivity contribution in [2.24, 2.45) is 0 Å². The van der Waals surface area contributed by atoms with Crippen molar-refractivity contribution in [3.63, 3.8) is 0 Å². The summed E-state index contributed by atoms with van der Waals surface area (Å²) < 4.78 is 0. The predicted molar refractivity (Wildman–Crippen MR) is 34.9 cm³/mol. The molecule has 3 N–H and O–H groups in total. The molecule has 0 amide bonds. The molecule has 1 rings (SSSR count). The van der Waals surface area contributed by atoms with Gasteiger partial charge >= 0.3 is 5.69 Å². The number of thioether (sulfide) groups is 1. The lowest BCUT2D eigenvalue weighted by atomic mass is 10.9. The first kappa shape index (κ1) is 6.28. The Morgan fingerprint density at radius 3 is 2.44 bits per heavy atom. The van der Waals surface area contributed by atoms with E-state index < -0.39 is 0 Å². The van der Waals surface area contributed by atoms with Gasteiger partial charge < -0.3 is 5.11 Å². The number of nitrogens with one attached hydrogen (secondary N) is 2. The molecule has 0 aliphatic heterocycles. The molecule has 0 spiro atoms. The van der Waals surface area contributed by atoms with Crippen LogP contribution in [0.1, 0.15) is 0 Å². The van der Waals surface area contributed by atoms with Gasteiger partial charge in [0, 0.05) is 0 Å². The smallest absolute Gasteiger partial charge is 0.326 e. The molecule has 0 saturated carbocycles. The summed E-state index contributed by atoms with van der Waals surface area (Å²) in [5.41, 5.74) is -0.378. The van der Waals surface area contributed by atoms with Gasteiger partial charge in [-0.05, 0) is 6.26 Å². The fourth-order valence-electron chi connectivity index (χ4n) is 0.506. The Kier molecular flexibility index (Phi) is 1.52. The number of imidazole rings is 1. The molecule has 0 radical (unpaired) electrons. The van der Waals surface area contributed by atoms with Gasteiger partial charge in [0.05, 0.1) is 0 Å². The van der Waals surface area contributed by atoms with Crippen molar-refractivity contribution in [1.82, 2.24) is 9.97 Å². The minimum Gasteiger partial charge on any atom is -0.493 e. The van der Waals surface area contributed by atoms with E-state index in [-0.39, 0.29) is 11.6 Å². The summed E-state index contributed by atoms with van der Waals surface area (Å²) in [4.78, 5) is 15.0. The normalized spacial score (nSPS) is 9.89. The van der Waals surface area contributed by atoms with Crippen LogP contribution in [0.2, 0.25) is 0 Å². The molecule has 4 nitrogen and oxygen atoms in total. The minimum absolute atomic E-state index is 0.0903. The SMILES string of the molecule is CSc1[nH]c(=O)[nH]c1O. The molecule has 9 heavy (non-hydrogen) atoms. The molecule has 1 aromatic heterocycles. The first-order chi connectivity index (χ1) is 4.24. The molecule has 0 aromatic carbocycles. The summed E-state index contributed by atoms with van der Waals surface area (Å²) in [5, 5.41) is 9.30. The molecule has 0 fully saturated rings. The van der Waals surface area contributed by atoms with E-state index in [2.05, 4.69) is 9.97 Å². The Bertz CT molecular complexity index is 251. The third-order valence-corrected chi connectivity index (χ3v) is 1.58. The second kappa shape index (κ2) is 2.18. The first-order valence-corrected chi connectivity index (χ1v) is 3.51. The van der Waals surface area contributed by atoms with Crippen LogP contribution in [-0.4, -0.2) is 21.3 Å². The average molecular weight is 146 g/mol. The number of aromatic nitrogens is 2. The maximum atomic E-state index is 10.4. The number of H-pyrrole nitrogens is 2. The summed E-state index contributed by atoms with van der Waals surface area (Å²) in [6.45, 7) is 0.